The second-order valence-electron chi connectivity index (χ2n) is 3.60. The zero-order valence-electron chi connectivity index (χ0n) is 9.96. The van der Waals surface area contributed by atoms with Gasteiger partial charge in [0.05, 0.1) is 23.4 Å². The molecule has 1 unspecified atom stereocenters. The molecule has 0 radical (unpaired) electrons. The molecule has 1 N–H and O–H groups in total. The van der Waals surface area contributed by atoms with E-state index < -0.39 is 0 Å². The van der Waals surface area contributed by atoms with Gasteiger partial charge in [-0.05, 0) is 27.3 Å². The fourth-order valence-corrected chi connectivity index (χ4v) is 2.53. The summed E-state index contributed by atoms with van der Waals surface area (Å²) in [6.45, 7) is 7.78. The Labute approximate surface area is 95.9 Å². The highest BCUT2D eigenvalue weighted by Gasteiger charge is 2.15. The topological polar surface area (TPSA) is 34.1 Å². The predicted molar refractivity (Wildman–Crippen MR) is 64.5 cm³/mol. The van der Waals surface area contributed by atoms with Crippen LogP contribution in [0.3, 0.4) is 0 Å². The summed E-state index contributed by atoms with van der Waals surface area (Å²) in [6.07, 6.45) is 1.07. The molecule has 0 spiro atoms. The third-order valence-electron chi connectivity index (χ3n) is 2.24. The van der Waals surface area contributed by atoms with E-state index in [0.717, 1.165) is 30.3 Å². The highest BCUT2D eigenvalue weighted by Crippen LogP contribution is 2.24. The van der Waals surface area contributed by atoms with Crippen LogP contribution in [0.5, 0.6) is 0 Å². The summed E-state index contributed by atoms with van der Waals surface area (Å²) in [5.41, 5.74) is 1.12. The lowest BCUT2D eigenvalue weighted by Gasteiger charge is -2.15. The van der Waals surface area contributed by atoms with E-state index in [9.17, 15) is 0 Å². The first-order valence-electron chi connectivity index (χ1n) is 5.38. The normalized spacial score (nSPS) is 13.1. The van der Waals surface area contributed by atoms with Gasteiger partial charge in [0.2, 0.25) is 0 Å². The van der Waals surface area contributed by atoms with Crippen LogP contribution in [-0.2, 0) is 4.74 Å². The van der Waals surface area contributed by atoms with E-state index in [1.54, 1.807) is 11.3 Å². The van der Waals surface area contributed by atoms with E-state index in [-0.39, 0.29) is 6.04 Å². The third-order valence-corrected chi connectivity index (χ3v) is 3.42. The van der Waals surface area contributed by atoms with Crippen LogP contribution < -0.4 is 5.32 Å². The van der Waals surface area contributed by atoms with Gasteiger partial charge in [-0.1, -0.05) is 6.92 Å². The van der Waals surface area contributed by atoms with Gasteiger partial charge in [-0.25, -0.2) is 4.98 Å². The molecule has 15 heavy (non-hydrogen) atoms. The number of rotatable bonds is 6. The number of hydrogen-bond acceptors (Lipinski definition) is 4. The van der Waals surface area contributed by atoms with Gasteiger partial charge in [-0.2, -0.15) is 0 Å². The Morgan fingerprint density at radius 3 is 2.67 bits per heavy atom. The van der Waals surface area contributed by atoms with Crippen LogP contribution in [-0.4, -0.2) is 25.2 Å². The standard InChI is InChI=1S/C11H20N2OS/c1-5-6-14-7-10(12-4)11-8(2)13-9(3)15-11/h10,12H,5-7H2,1-4H3. The lowest BCUT2D eigenvalue weighted by Crippen LogP contribution is -2.21. The molecular formula is C11H20N2OS. The van der Waals surface area contributed by atoms with Crippen molar-refractivity contribution in [2.75, 3.05) is 20.3 Å². The molecule has 86 valence electrons. The van der Waals surface area contributed by atoms with Crippen molar-refractivity contribution in [2.24, 2.45) is 0 Å². The predicted octanol–water partition coefficient (Wildman–Crippen LogP) is 2.45. The minimum absolute atomic E-state index is 0.280. The minimum atomic E-state index is 0.280. The monoisotopic (exact) mass is 228 g/mol. The van der Waals surface area contributed by atoms with E-state index in [4.69, 9.17) is 4.74 Å². The Bertz CT molecular complexity index is 299. The summed E-state index contributed by atoms with van der Waals surface area (Å²) in [4.78, 5) is 5.73. The molecule has 0 aromatic carbocycles. The fraction of sp³-hybridized carbons (Fsp3) is 0.727. The molecule has 0 aliphatic rings. The molecule has 0 saturated carbocycles. The van der Waals surface area contributed by atoms with Gasteiger partial charge in [0.15, 0.2) is 0 Å². The van der Waals surface area contributed by atoms with Gasteiger partial charge in [0.25, 0.3) is 0 Å². The van der Waals surface area contributed by atoms with Gasteiger partial charge in [-0.15, -0.1) is 11.3 Å². The lowest BCUT2D eigenvalue weighted by atomic mass is 10.2. The number of aromatic nitrogens is 1. The van der Waals surface area contributed by atoms with E-state index in [1.165, 1.54) is 4.88 Å². The van der Waals surface area contributed by atoms with E-state index in [1.807, 2.05) is 14.0 Å². The van der Waals surface area contributed by atoms with Gasteiger partial charge < -0.3 is 10.1 Å². The largest absolute Gasteiger partial charge is 0.379 e. The average Bonchev–Trinajstić information content (AvgIpc) is 2.53. The second-order valence-corrected chi connectivity index (χ2v) is 4.83. The number of ether oxygens (including phenoxy) is 1. The summed E-state index contributed by atoms with van der Waals surface area (Å²) in [6, 6.07) is 0.280. The maximum Gasteiger partial charge on any atom is 0.0900 e. The van der Waals surface area contributed by atoms with Gasteiger partial charge in [0.1, 0.15) is 0 Å². The zero-order chi connectivity index (χ0) is 11.3. The molecule has 1 rings (SSSR count). The van der Waals surface area contributed by atoms with Crippen LogP contribution in [0.25, 0.3) is 0 Å². The van der Waals surface area contributed by atoms with Crippen LogP contribution in [0.1, 0.15) is 35.0 Å². The van der Waals surface area contributed by atoms with Crippen LogP contribution in [0.4, 0.5) is 0 Å². The molecule has 4 heteroatoms. The highest BCUT2D eigenvalue weighted by molar-refractivity contribution is 7.11. The zero-order valence-corrected chi connectivity index (χ0v) is 10.8. The Morgan fingerprint density at radius 1 is 1.47 bits per heavy atom. The summed E-state index contributed by atoms with van der Waals surface area (Å²) in [7, 11) is 1.97. The number of thiazole rings is 1. The maximum atomic E-state index is 5.57. The van der Waals surface area contributed by atoms with Crippen LogP contribution in [0.2, 0.25) is 0 Å². The van der Waals surface area contributed by atoms with E-state index in [2.05, 4.69) is 24.1 Å². The van der Waals surface area contributed by atoms with E-state index >= 15 is 0 Å². The summed E-state index contributed by atoms with van der Waals surface area (Å²) < 4.78 is 5.57. The van der Waals surface area contributed by atoms with Crippen LogP contribution >= 0.6 is 11.3 Å². The minimum Gasteiger partial charge on any atom is -0.379 e. The molecule has 0 amide bonds. The van der Waals surface area contributed by atoms with Gasteiger partial charge in [0, 0.05) is 11.5 Å². The molecule has 0 bridgehead atoms. The molecule has 0 aliphatic carbocycles. The van der Waals surface area contributed by atoms with Crippen molar-refractivity contribution < 1.29 is 4.74 Å². The van der Waals surface area contributed by atoms with Crippen molar-refractivity contribution in [3.05, 3.63) is 15.6 Å². The van der Waals surface area contributed by atoms with Crippen LogP contribution in [0, 0.1) is 13.8 Å². The molecule has 1 atom stereocenters. The summed E-state index contributed by atoms with van der Waals surface area (Å²) in [5, 5.41) is 4.40. The Kier molecular flexibility index (Phi) is 5.22. The van der Waals surface area contributed by atoms with Gasteiger partial charge >= 0.3 is 0 Å². The number of nitrogens with one attached hydrogen (secondary N) is 1. The van der Waals surface area contributed by atoms with E-state index in [0.29, 0.717) is 0 Å². The van der Waals surface area contributed by atoms with Crippen molar-refractivity contribution in [2.45, 2.75) is 33.2 Å². The van der Waals surface area contributed by atoms with Crippen molar-refractivity contribution in [3.8, 4) is 0 Å². The van der Waals surface area contributed by atoms with Crippen LogP contribution in [0.15, 0.2) is 0 Å². The molecule has 1 aromatic heterocycles. The maximum absolute atomic E-state index is 5.57. The molecular weight excluding hydrogens is 208 g/mol. The summed E-state index contributed by atoms with van der Waals surface area (Å²) >= 11 is 1.75. The fourth-order valence-electron chi connectivity index (χ4n) is 1.51. The lowest BCUT2D eigenvalue weighted by molar-refractivity contribution is 0.114. The van der Waals surface area contributed by atoms with Crippen molar-refractivity contribution in [1.82, 2.24) is 10.3 Å². The number of hydrogen-bond donors (Lipinski definition) is 1. The van der Waals surface area contributed by atoms with Gasteiger partial charge in [-0.3, -0.25) is 0 Å². The van der Waals surface area contributed by atoms with Crippen molar-refractivity contribution in [3.63, 3.8) is 0 Å². The Hall–Kier alpha value is -0.450. The SMILES string of the molecule is CCCOCC(NC)c1sc(C)nc1C. The first-order valence-corrected chi connectivity index (χ1v) is 6.19. The molecule has 0 aliphatic heterocycles. The average molecular weight is 228 g/mol. The molecule has 0 fully saturated rings. The summed E-state index contributed by atoms with van der Waals surface area (Å²) in [5.74, 6) is 0. The molecule has 1 aromatic rings. The first-order chi connectivity index (χ1) is 7.19. The smallest absolute Gasteiger partial charge is 0.0900 e. The third kappa shape index (κ3) is 3.55. The highest BCUT2D eigenvalue weighted by atomic mass is 32.1. The number of aryl methyl sites for hydroxylation is 2. The number of likely N-dealkylation sites (N-methyl/N-ethyl adjacent to an activating group) is 1. The molecule has 0 saturated heterocycles. The second kappa shape index (κ2) is 6.20. The Morgan fingerprint density at radius 2 is 2.20 bits per heavy atom. The first kappa shape index (κ1) is 12.6. The molecule has 1 heterocycles. The quantitative estimate of drug-likeness (QED) is 0.759. The molecule has 3 nitrogen and oxygen atoms in total. The Balaban J connectivity index is 2.61. The van der Waals surface area contributed by atoms with Crippen molar-refractivity contribution in [1.29, 1.82) is 0 Å². The number of nitrogens with zero attached hydrogens (tertiary/aromatic N) is 1. The van der Waals surface area contributed by atoms with Crippen molar-refractivity contribution >= 4 is 11.3 Å².